The van der Waals surface area contributed by atoms with Crippen LogP contribution < -0.4 is 25.2 Å². The van der Waals surface area contributed by atoms with Crippen LogP contribution in [-0.4, -0.2) is 55.1 Å². The molecule has 4 aromatic rings. The van der Waals surface area contributed by atoms with Crippen LogP contribution in [0.2, 0.25) is 0 Å². The number of anilines is 4. The number of methoxy groups -OCH3 is 1. The van der Waals surface area contributed by atoms with Crippen molar-refractivity contribution in [2.45, 2.75) is 19.1 Å². The van der Waals surface area contributed by atoms with Crippen molar-refractivity contribution < 1.29 is 32.3 Å². The molecule has 13 heteroatoms. The van der Waals surface area contributed by atoms with Gasteiger partial charge in [-0.3, -0.25) is 9.63 Å². The lowest BCUT2D eigenvalue weighted by Crippen LogP contribution is -2.22. The quantitative estimate of drug-likeness (QED) is 0.177. The fourth-order valence-corrected chi connectivity index (χ4v) is 4.76. The second-order valence-corrected chi connectivity index (χ2v) is 10.6. The van der Waals surface area contributed by atoms with E-state index in [1.54, 1.807) is 41.5 Å². The second-order valence-electron chi connectivity index (χ2n) is 10.6. The van der Waals surface area contributed by atoms with E-state index in [1.165, 1.54) is 43.8 Å². The van der Waals surface area contributed by atoms with Crippen LogP contribution >= 0.6 is 0 Å². The molecule has 1 atom stereocenters. The van der Waals surface area contributed by atoms with Gasteiger partial charge in [0.25, 0.3) is 0 Å². The number of halogens is 3. The first kappa shape index (κ1) is 32.3. The molecule has 1 amide bonds. The van der Waals surface area contributed by atoms with Gasteiger partial charge in [0.1, 0.15) is 30.3 Å². The molecule has 1 unspecified atom stereocenters. The Hall–Kier alpha value is -5.14. The summed E-state index contributed by atoms with van der Waals surface area (Å²) in [4.78, 5) is 28.8. The van der Waals surface area contributed by atoms with Crippen molar-refractivity contribution in [2.24, 2.45) is 0 Å². The van der Waals surface area contributed by atoms with Crippen LogP contribution in [0.3, 0.4) is 0 Å². The summed E-state index contributed by atoms with van der Waals surface area (Å²) in [5, 5.41) is 7.24. The number of benzene rings is 3. The summed E-state index contributed by atoms with van der Waals surface area (Å²) in [6, 6.07) is 14.3. The molecule has 1 saturated heterocycles. The molecule has 0 spiro atoms. The highest BCUT2D eigenvalue weighted by molar-refractivity contribution is 6.00. The largest absolute Gasteiger partial charge is 0.494 e. The number of nitrogens with zero attached hydrogens (tertiary/aromatic N) is 4. The maximum Gasteiger partial charge on any atom is 0.248 e. The summed E-state index contributed by atoms with van der Waals surface area (Å²) in [6.07, 6.45) is 4.92. The maximum atomic E-state index is 14.8. The van der Waals surface area contributed by atoms with Crippen LogP contribution in [0.1, 0.15) is 23.6 Å². The third-order valence-electron chi connectivity index (χ3n) is 6.96. The molecule has 240 valence electrons. The van der Waals surface area contributed by atoms with E-state index >= 15 is 0 Å². The molecule has 1 fully saturated rings. The van der Waals surface area contributed by atoms with Gasteiger partial charge in [-0.05, 0) is 55.6 Å². The molecule has 2 N–H and O–H groups in total. The molecule has 1 aliphatic heterocycles. The van der Waals surface area contributed by atoms with Crippen molar-refractivity contribution >= 4 is 28.9 Å². The highest BCUT2D eigenvalue weighted by atomic mass is 19.1. The standard InChI is InChI=1S/C33H33F3N6O4/c1-41(2)12-5-8-33(43)40-26-17-27(30(44-3)16-25(26)36)39-31-18-32(38-20-37-31)42-28(11-13-46-42)22-9-10-24(35)29(15-22)45-19-21-6-4-7-23(34)14-21/h4-10,14-18,20,28H,11-13,19H2,1-3H3,(H,40,43)(H,37,38,39)/b8-5+. The molecule has 1 aliphatic rings. The van der Waals surface area contributed by atoms with Gasteiger partial charge in [0.05, 0.1) is 31.1 Å². The summed E-state index contributed by atoms with van der Waals surface area (Å²) < 4.78 is 54.1. The molecule has 5 rings (SSSR count). The zero-order valence-corrected chi connectivity index (χ0v) is 25.5. The van der Waals surface area contributed by atoms with Gasteiger partial charge in [-0.1, -0.05) is 24.3 Å². The number of carbonyl (C=O) groups is 1. The van der Waals surface area contributed by atoms with Gasteiger partial charge < -0.3 is 25.0 Å². The Balaban J connectivity index is 1.33. The van der Waals surface area contributed by atoms with Crippen molar-refractivity contribution in [3.05, 3.63) is 108 Å². The highest BCUT2D eigenvalue weighted by Gasteiger charge is 2.30. The number of ether oxygens (including phenoxy) is 2. The van der Waals surface area contributed by atoms with E-state index in [-0.39, 0.29) is 29.8 Å². The summed E-state index contributed by atoms with van der Waals surface area (Å²) in [5.41, 5.74) is 1.59. The van der Waals surface area contributed by atoms with E-state index in [9.17, 15) is 18.0 Å². The van der Waals surface area contributed by atoms with Crippen LogP contribution in [0.25, 0.3) is 0 Å². The Kier molecular flexibility index (Phi) is 10.4. The van der Waals surface area contributed by atoms with Crippen LogP contribution in [0.5, 0.6) is 11.5 Å². The number of likely N-dealkylation sites (N-methyl/N-ethyl adjacent to an activating group) is 1. The van der Waals surface area contributed by atoms with Gasteiger partial charge in [0, 0.05) is 31.2 Å². The fourth-order valence-electron chi connectivity index (χ4n) is 4.76. The average molecular weight is 635 g/mol. The van der Waals surface area contributed by atoms with Gasteiger partial charge in [-0.15, -0.1) is 0 Å². The van der Waals surface area contributed by atoms with Crippen molar-refractivity contribution in [3.63, 3.8) is 0 Å². The Labute approximate surface area is 264 Å². The molecule has 0 aliphatic carbocycles. The van der Waals surface area contributed by atoms with E-state index < -0.39 is 23.4 Å². The van der Waals surface area contributed by atoms with Crippen molar-refractivity contribution in [3.8, 4) is 11.5 Å². The van der Waals surface area contributed by atoms with Gasteiger partial charge in [-0.2, -0.15) is 0 Å². The predicted molar refractivity (Wildman–Crippen MR) is 168 cm³/mol. The number of hydroxylamine groups is 1. The van der Waals surface area contributed by atoms with Gasteiger partial charge in [0.15, 0.2) is 23.2 Å². The van der Waals surface area contributed by atoms with Crippen molar-refractivity contribution in [2.75, 3.05) is 50.1 Å². The monoisotopic (exact) mass is 634 g/mol. The fraction of sp³-hybridized carbons (Fsp3) is 0.242. The molecule has 10 nitrogen and oxygen atoms in total. The number of hydrogen-bond donors (Lipinski definition) is 2. The third-order valence-corrected chi connectivity index (χ3v) is 6.96. The first-order valence-electron chi connectivity index (χ1n) is 14.4. The minimum atomic E-state index is -0.674. The van der Waals surface area contributed by atoms with Crippen LogP contribution in [0.15, 0.2) is 79.1 Å². The third kappa shape index (κ3) is 8.11. The zero-order valence-electron chi connectivity index (χ0n) is 25.5. The maximum absolute atomic E-state index is 14.8. The van der Waals surface area contributed by atoms with Crippen LogP contribution in [0, 0.1) is 17.5 Å². The van der Waals surface area contributed by atoms with E-state index in [4.69, 9.17) is 14.3 Å². The van der Waals surface area contributed by atoms with Crippen LogP contribution in [0.4, 0.5) is 36.2 Å². The van der Waals surface area contributed by atoms with E-state index in [2.05, 4.69) is 20.6 Å². The molecular weight excluding hydrogens is 601 g/mol. The topological polar surface area (TPSA) is 101 Å². The normalized spacial score (nSPS) is 14.6. The van der Waals surface area contributed by atoms with E-state index in [0.717, 1.165) is 11.6 Å². The zero-order chi connectivity index (χ0) is 32.6. The summed E-state index contributed by atoms with van der Waals surface area (Å²) >= 11 is 0. The molecule has 0 bridgehead atoms. The first-order chi connectivity index (χ1) is 22.2. The smallest absolute Gasteiger partial charge is 0.248 e. The number of carbonyl (C=O) groups excluding carboxylic acids is 1. The van der Waals surface area contributed by atoms with E-state index in [0.29, 0.717) is 42.5 Å². The highest BCUT2D eigenvalue weighted by Crippen LogP contribution is 2.38. The van der Waals surface area contributed by atoms with Crippen molar-refractivity contribution in [1.29, 1.82) is 0 Å². The first-order valence-corrected chi connectivity index (χ1v) is 14.4. The average Bonchev–Trinajstić information content (AvgIpc) is 3.52. The summed E-state index contributed by atoms with van der Waals surface area (Å²) in [6.45, 7) is 0.928. The number of amides is 1. The number of nitrogens with one attached hydrogen (secondary N) is 2. The number of rotatable bonds is 12. The predicted octanol–water partition coefficient (Wildman–Crippen LogP) is 6.16. The molecule has 2 heterocycles. The summed E-state index contributed by atoms with van der Waals surface area (Å²) in [7, 11) is 5.13. The second kappa shape index (κ2) is 14.8. The minimum absolute atomic E-state index is 0.00461. The van der Waals surface area contributed by atoms with Gasteiger partial charge in [0.2, 0.25) is 5.91 Å². The Morgan fingerprint density at radius 3 is 2.67 bits per heavy atom. The van der Waals surface area contributed by atoms with Gasteiger partial charge in [-0.25, -0.2) is 28.2 Å². The minimum Gasteiger partial charge on any atom is -0.494 e. The van der Waals surface area contributed by atoms with Crippen molar-refractivity contribution in [1.82, 2.24) is 14.9 Å². The Morgan fingerprint density at radius 1 is 1.04 bits per heavy atom. The lowest BCUT2D eigenvalue weighted by atomic mass is 10.0. The Morgan fingerprint density at radius 2 is 1.89 bits per heavy atom. The molecule has 3 aromatic carbocycles. The van der Waals surface area contributed by atoms with Crippen LogP contribution in [-0.2, 0) is 16.2 Å². The van der Waals surface area contributed by atoms with Gasteiger partial charge >= 0.3 is 0 Å². The molecule has 0 radical (unpaired) electrons. The molecule has 46 heavy (non-hydrogen) atoms. The summed E-state index contributed by atoms with van der Waals surface area (Å²) in [5.74, 6) is -1.15. The Bertz CT molecular complexity index is 1720. The molecular formula is C33H33F3N6O4. The SMILES string of the molecule is COc1cc(F)c(NC(=O)/C=C/CN(C)C)cc1Nc1cc(N2OCCC2c2ccc(F)c(OCc3cccc(F)c3)c2)ncn1. The van der Waals surface area contributed by atoms with E-state index in [1.807, 2.05) is 19.0 Å². The number of aromatic nitrogens is 2. The lowest BCUT2D eigenvalue weighted by Gasteiger charge is -2.24. The molecule has 0 saturated carbocycles. The number of hydrogen-bond acceptors (Lipinski definition) is 9. The molecule has 1 aromatic heterocycles. The lowest BCUT2D eigenvalue weighted by molar-refractivity contribution is -0.111.